The van der Waals surface area contributed by atoms with Gasteiger partial charge in [-0.1, -0.05) is 153 Å². The van der Waals surface area contributed by atoms with E-state index in [0.29, 0.717) is 0 Å². The van der Waals surface area contributed by atoms with Crippen LogP contribution < -0.4 is 5.32 Å². The van der Waals surface area contributed by atoms with Crippen molar-refractivity contribution in [3.8, 4) is 22.3 Å². The van der Waals surface area contributed by atoms with E-state index >= 15 is 0 Å². The Hall–Kier alpha value is -5.28. The molecule has 1 N–H and O–H groups in total. The van der Waals surface area contributed by atoms with Crippen LogP contribution in [0.4, 0.5) is 0 Å². The van der Waals surface area contributed by atoms with Crippen molar-refractivity contribution in [1.29, 1.82) is 0 Å². The Balaban J connectivity index is 1.26. The van der Waals surface area contributed by atoms with Crippen LogP contribution in [0.25, 0.3) is 27.8 Å². The molecule has 1 aliphatic carbocycles. The van der Waals surface area contributed by atoms with Gasteiger partial charge in [0.15, 0.2) is 6.17 Å². The molecule has 2 atom stereocenters. The lowest BCUT2D eigenvalue weighted by Gasteiger charge is -2.34. The van der Waals surface area contributed by atoms with Gasteiger partial charge in [-0.25, -0.2) is 9.98 Å². The predicted octanol–water partition coefficient (Wildman–Crippen LogP) is 10.4. The number of hydrogen-bond acceptors (Lipinski definition) is 3. The summed E-state index contributed by atoms with van der Waals surface area (Å²) in [6.07, 6.45) is 8.31. The Morgan fingerprint density at radius 3 is 2.02 bits per heavy atom. The lowest BCUT2D eigenvalue weighted by Crippen LogP contribution is -2.44. The molecule has 0 radical (unpaired) electrons. The Labute approximate surface area is 272 Å². The fourth-order valence-electron chi connectivity index (χ4n) is 6.44. The molecule has 0 fully saturated rings. The molecule has 2 aliphatic rings. The van der Waals surface area contributed by atoms with Gasteiger partial charge in [-0.3, -0.25) is 0 Å². The van der Waals surface area contributed by atoms with Crippen molar-refractivity contribution in [2.45, 2.75) is 39.8 Å². The molecule has 0 saturated carbocycles. The lowest BCUT2D eigenvalue weighted by molar-refractivity contribution is 0.572. The number of allylic oxidation sites excluding steroid dienone is 3. The van der Waals surface area contributed by atoms with Crippen molar-refractivity contribution >= 4 is 17.2 Å². The van der Waals surface area contributed by atoms with Crippen molar-refractivity contribution in [2.75, 3.05) is 0 Å². The minimum Gasteiger partial charge on any atom is -0.328 e. The first kappa shape index (κ1) is 29.4. The highest BCUT2D eigenvalue weighted by atomic mass is 15.2. The van der Waals surface area contributed by atoms with Crippen molar-refractivity contribution in [3.05, 3.63) is 173 Å². The van der Waals surface area contributed by atoms with Crippen LogP contribution in [0.1, 0.15) is 54.3 Å². The van der Waals surface area contributed by atoms with Crippen LogP contribution in [0.5, 0.6) is 0 Å². The van der Waals surface area contributed by atoms with Gasteiger partial charge < -0.3 is 5.32 Å². The van der Waals surface area contributed by atoms with Crippen molar-refractivity contribution in [1.82, 2.24) is 5.32 Å². The summed E-state index contributed by atoms with van der Waals surface area (Å²) >= 11 is 0. The summed E-state index contributed by atoms with van der Waals surface area (Å²) in [6, 6.07) is 45.2. The summed E-state index contributed by atoms with van der Waals surface area (Å²) in [7, 11) is 0. The van der Waals surface area contributed by atoms with E-state index in [2.05, 4.69) is 172 Å². The Morgan fingerprint density at radius 1 is 0.696 bits per heavy atom. The first-order valence-electron chi connectivity index (χ1n) is 16.2. The molecule has 0 amide bonds. The summed E-state index contributed by atoms with van der Waals surface area (Å²) in [5.74, 6) is 1.79. The number of nitrogens with zero attached hydrogens (tertiary/aromatic N) is 2. The van der Waals surface area contributed by atoms with E-state index in [0.717, 1.165) is 35.6 Å². The number of benzene rings is 5. The van der Waals surface area contributed by atoms with Crippen molar-refractivity contribution in [2.24, 2.45) is 15.4 Å². The summed E-state index contributed by atoms with van der Waals surface area (Å²) < 4.78 is 0. The van der Waals surface area contributed by atoms with Crippen LogP contribution in [-0.2, 0) is 6.42 Å². The van der Waals surface area contributed by atoms with E-state index in [9.17, 15) is 0 Å². The van der Waals surface area contributed by atoms with Gasteiger partial charge in [0.25, 0.3) is 0 Å². The van der Waals surface area contributed by atoms with Crippen LogP contribution in [0, 0.1) is 12.3 Å². The molecule has 7 rings (SSSR count). The van der Waals surface area contributed by atoms with Crippen molar-refractivity contribution in [3.63, 3.8) is 0 Å². The Morgan fingerprint density at radius 2 is 1.35 bits per heavy atom. The number of nitrogens with one attached hydrogen (secondary N) is 1. The van der Waals surface area contributed by atoms with Gasteiger partial charge in [-0.05, 0) is 76.8 Å². The summed E-state index contributed by atoms with van der Waals surface area (Å²) in [4.78, 5) is 10.6. The minimum atomic E-state index is -0.346. The predicted molar refractivity (Wildman–Crippen MR) is 194 cm³/mol. The van der Waals surface area contributed by atoms with E-state index < -0.39 is 0 Å². The zero-order valence-corrected chi connectivity index (χ0v) is 26.7. The summed E-state index contributed by atoms with van der Waals surface area (Å²) in [6.45, 7) is 6.68. The second-order valence-corrected chi connectivity index (χ2v) is 12.5. The number of hydrogen-bond donors (Lipinski definition) is 1. The third-order valence-electron chi connectivity index (χ3n) is 9.27. The fraction of sp³-hybridized carbons (Fsp3) is 0.163. The zero-order chi connectivity index (χ0) is 31.5. The molecule has 3 nitrogen and oxygen atoms in total. The van der Waals surface area contributed by atoms with Gasteiger partial charge in [0.1, 0.15) is 11.7 Å². The standard InChI is InChI=1S/C43H39N3/c1-4-31-29-37(23-24-39(31)38-18-12-11-13-30(38)2)41-44-40(36-21-19-34(20-22-36)32-14-7-5-8-15-32)45-42(46-41)43(3)27-25-35(26-28-43)33-16-9-6-10-17-33/h5-27,29,41H,4,28H2,1-3H3,(H,44,45,46). The van der Waals surface area contributed by atoms with Gasteiger partial charge in [-0.15, -0.1) is 0 Å². The summed E-state index contributed by atoms with van der Waals surface area (Å²) in [5, 5.41) is 3.69. The first-order chi connectivity index (χ1) is 22.5. The third kappa shape index (κ3) is 5.89. The van der Waals surface area contributed by atoms with E-state index in [-0.39, 0.29) is 11.6 Å². The molecule has 5 aromatic carbocycles. The first-order valence-corrected chi connectivity index (χ1v) is 16.2. The Kier molecular flexibility index (Phi) is 8.07. The average Bonchev–Trinajstić information content (AvgIpc) is 3.12. The monoisotopic (exact) mass is 597 g/mol. The van der Waals surface area contributed by atoms with Crippen LogP contribution in [0.15, 0.2) is 156 Å². The fourth-order valence-corrected chi connectivity index (χ4v) is 6.44. The van der Waals surface area contributed by atoms with Gasteiger partial charge in [0.2, 0.25) is 0 Å². The van der Waals surface area contributed by atoms with Crippen LogP contribution in [0.3, 0.4) is 0 Å². The molecular weight excluding hydrogens is 558 g/mol. The SMILES string of the molecule is CCc1cc(C2N=C(c3ccc(-c4ccccc4)cc3)NC(C3(C)C=CC(c4ccccc4)=CC3)=N2)ccc1-c1ccccc1C. The van der Waals surface area contributed by atoms with Crippen LogP contribution in [-0.4, -0.2) is 11.7 Å². The molecule has 1 heterocycles. The largest absolute Gasteiger partial charge is 0.328 e. The smallest absolute Gasteiger partial charge is 0.169 e. The van der Waals surface area contributed by atoms with Crippen molar-refractivity contribution < 1.29 is 0 Å². The maximum atomic E-state index is 5.32. The quantitative estimate of drug-likeness (QED) is 0.199. The Bertz CT molecular complexity index is 1980. The van der Waals surface area contributed by atoms with Crippen LogP contribution in [0.2, 0.25) is 0 Å². The normalized spacial score (nSPS) is 19.1. The molecule has 0 spiro atoms. The molecule has 3 heteroatoms. The maximum Gasteiger partial charge on any atom is 0.169 e. The van der Waals surface area contributed by atoms with E-state index in [4.69, 9.17) is 9.98 Å². The number of amidine groups is 2. The molecule has 1 aliphatic heterocycles. The molecule has 0 bridgehead atoms. The number of aliphatic imine (C=N–C) groups is 2. The van der Waals surface area contributed by atoms with Crippen LogP contribution >= 0.6 is 0 Å². The van der Waals surface area contributed by atoms with Gasteiger partial charge in [0.05, 0.1) is 0 Å². The second kappa shape index (κ2) is 12.6. The van der Waals surface area contributed by atoms with E-state index in [1.165, 1.54) is 44.5 Å². The van der Waals surface area contributed by atoms with Gasteiger partial charge in [0, 0.05) is 11.0 Å². The number of aryl methyl sites for hydroxylation is 2. The maximum absolute atomic E-state index is 5.32. The number of rotatable bonds is 7. The molecule has 0 aromatic heterocycles. The van der Waals surface area contributed by atoms with E-state index in [1.807, 2.05) is 0 Å². The van der Waals surface area contributed by atoms with E-state index in [1.54, 1.807) is 0 Å². The minimum absolute atomic E-state index is 0.295. The molecule has 226 valence electrons. The van der Waals surface area contributed by atoms with Gasteiger partial charge in [-0.2, -0.15) is 0 Å². The topological polar surface area (TPSA) is 36.8 Å². The lowest BCUT2D eigenvalue weighted by atomic mass is 9.79. The van der Waals surface area contributed by atoms with Gasteiger partial charge >= 0.3 is 0 Å². The summed E-state index contributed by atoms with van der Waals surface area (Å²) in [5.41, 5.74) is 11.9. The highest BCUT2D eigenvalue weighted by Crippen LogP contribution is 2.38. The molecule has 46 heavy (non-hydrogen) atoms. The highest BCUT2D eigenvalue weighted by molar-refractivity contribution is 6.13. The molecule has 5 aromatic rings. The third-order valence-corrected chi connectivity index (χ3v) is 9.27. The zero-order valence-electron chi connectivity index (χ0n) is 26.7. The molecule has 2 unspecified atom stereocenters. The second-order valence-electron chi connectivity index (χ2n) is 12.5. The average molecular weight is 598 g/mol. The molecule has 0 saturated heterocycles. The highest BCUT2D eigenvalue weighted by Gasteiger charge is 2.34. The molecular formula is C43H39N3.